The van der Waals surface area contributed by atoms with Crippen LogP contribution in [0.3, 0.4) is 0 Å². The largest absolute Gasteiger partial charge is 0.399 e. The van der Waals surface area contributed by atoms with Crippen LogP contribution in [0.5, 0.6) is 0 Å². The SMILES string of the molecule is CN1CCCN(C(=O)c2cc(N)cc(Br)c2)CC1=O. The van der Waals surface area contributed by atoms with Gasteiger partial charge in [-0.15, -0.1) is 0 Å². The third-order valence-corrected chi connectivity index (χ3v) is 3.59. The number of nitrogens with two attached hydrogens (primary N) is 1. The van der Waals surface area contributed by atoms with Crippen LogP contribution in [0, 0.1) is 0 Å². The highest BCUT2D eigenvalue weighted by atomic mass is 79.9. The minimum atomic E-state index is -0.156. The molecule has 1 saturated heterocycles. The van der Waals surface area contributed by atoms with Crippen molar-refractivity contribution >= 4 is 33.4 Å². The average molecular weight is 326 g/mol. The van der Waals surface area contributed by atoms with Crippen LogP contribution in [0.25, 0.3) is 0 Å². The molecular formula is C13H16BrN3O2. The van der Waals surface area contributed by atoms with Crippen molar-refractivity contribution in [1.29, 1.82) is 0 Å². The Morgan fingerprint density at radius 2 is 2.05 bits per heavy atom. The van der Waals surface area contributed by atoms with Gasteiger partial charge in [0.25, 0.3) is 5.91 Å². The first-order valence-corrected chi connectivity index (χ1v) is 6.86. The summed E-state index contributed by atoms with van der Waals surface area (Å²) in [6.45, 7) is 1.40. The van der Waals surface area contributed by atoms with Crippen molar-refractivity contribution in [2.45, 2.75) is 6.42 Å². The maximum absolute atomic E-state index is 12.4. The molecule has 2 N–H and O–H groups in total. The zero-order valence-corrected chi connectivity index (χ0v) is 12.3. The third kappa shape index (κ3) is 3.26. The Kier molecular flexibility index (Phi) is 4.09. The van der Waals surface area contributed by atoms with Crippen LogP contribution in [-0.2, 0) is 4.79 Å². The lowest BCUT2D eigenvalue weighted by atomic mass is 10.1. The molecule has 0 aromatic heterocycles. The monoisotopic (exact) mass is 325 g/mol. The summed E-state index contributed by atoms with van der Waals surface area (Å²) in [5.74, 6) is -0.189. The zero-order valence-electron chi connectivity index (χ0n) is 10.7. The lowest BCUT2D eigenvalue weighted by Gasteiger charge is -2.20. The molecular weight excluding hydrogens is 310 g/mol. The molecule has 1 fully saturated rings. The van der Waals surface area contributed by atoms with Crippen molar-refractivity contribution < 1.29 is 9.59 Å². The van der Waals surface area contributed by atoms with E-state index in [1.54, 1.807) is 35.0 Å². The summed E-state index contributed by atoms with van der Waals surface area (Å²) in [7, 11) is 1.76. The number of hydrogen-bond acceptors (Lipinski definition) is 3. The topological polar surface area (TPSA) is 66.6 Å². The van der Waals surface area contributed by atoms with Crippen LogP contribution in [-0.4, -0.2) is 48.3 Å². The van der Waals surface area contributed by atoms with Gasteiger partial charge in [0.15, 0.2) is 0 Å². The average Bonchev–Trinajstić information content (AvgIpc) is 2.50. The Morgan fingerprint density at radius 3 is 2.74 bits per heavy atom. The van der Waals surface area contributed by atoms with E-state index in [0.29, 0.717) is 24.3 Å². The number of nitrogens with zero attached hydrogens (tertiary/aromatic N) is 2. The molecule has 1 aromatic carbocycles. The number of hydrogen-bond donors (Lipinski definition) is 1. The van der Waals surface area contributed by atoms with E-state index < -0.39 is 0 Å². The van der Waals surface area contributed by atoms with E-state index in [0.717, 1.165) is 10.9 Å². The van der Waals surface area contributed by atoms with Gasteiger partial charge in [-0.2, -0.15) is 0 Å². The zero-order chi connectivity index (χ0) is 14.0. The fourth-order valence-corrected chi connectivity index (χ4v) is 2.59. The number of amides is 2. The highest BCUT2D eigenvalue weighted by Gasteiger charge is 2.23. The van der Waals surface area contributed by atoms with E-state index in [1.165, 1.54) is 0 Å². The summed E-state index contributed by atoms with van der Waals surface area (Å²) in [5.41, 5.74) is 6.76. The van der Waals surface area contributed by atoms with Crippen molar-refractivity contribution in [3.63, 3.8) is 0 Å². The molecule has 1 aliphatic rings. The molecule has 2 amide bonds. The number of benzene rings is 1. The van der Waals surface area contributed by atoms with E-state index in [1.807, 2.05) is 0 Å². The molecule has 0 aliphatic carbocycles. The minimum absolute atomic E-state index is 0.0335. The molecule has 1 aliphatic heterocycles. The molecule has 0 saturated carbocycles. The molecule has 1 aromatic rings. The maximum Gasteiger partial charge on any atom is 0.254 e. The number of rotatable bonds is 1. The van der Waals surface area contributed by atoms with Crippen molar-refractivity contribution in [1.82, 2.24) is 9.80 Å². The fourth-order valence-electron chi connectivity index (χ4n) is 2.08. The van der Waals surface area contributed by atoms with Gasteiger partial charge < -0.3 is 15.5 Å². The molecule has 2 rings (SSSR count). The molecule has 5 nitrogen and oxygen atoms in total. The summed E-state index contributed by atoms with van der Waals surface area (Å²) in [5, 5.41) is 0. The molecule has 0 bridgehead atoms. The van der Waals surface area contributed by atoms with Crippen molar-refractivity contribution in [2.75, 3.05) is 32.4 Å². The second-order valence-electron chi connectivity index (χ2n) is 4.67. The van der Waals surface area contributed by atoms with Gasteiger partial charge in [-0.25, -0.2) is 0 Å². The van der Waals surface area contributed by atoms with E-state index in [9.17, 15) is 9.59 Å². The second kappa shape index (κ2) is 5.61. The predicted octanol–water partition coefficient (Wildman–Crippen LogP) is 1.34. The van der Waals surface area contributed by atoms with Gasteiger partial charge in [0.05, 0.1) is 0 Å². The number of anilines is 1. The third-order valence-electron chi connectivity index (χ3n) is 3.13. The van der Waals surface area contributed by atoms with Crippen LogP contribution >= 0.6 is 15.9 Å². The van der Waals surface area contributed by atoms with Gasteiger partial charge >= 0.3 is 0 Å². The highest BCUT2D eigenvalue weighted by molar-refractivity contribution is 9.10. The summed E-state index contributed by atoms with van der Waals surface area (Å²) < 4.78 is 0.758. The van der Waals surface area contributed by atoms with E-state index in [-0.39, 0.29) is 18.4 Å². The molecule has 0 unspecified atom stereocenters. The number of carbonyl (C=O) groups is 2. The van der Waals surface area contributed by atoms with Crippen LogP contribution in [0.1, 0.15) is 16.8 Å². The van der Waals surface area contributed by atoms with E-state index >= 15 is 0 Å². The Morgan fingerprint density at radius 1 is 1.32 bits per heavy atom. The molecule has 0 radical (unpaired) electrons. The summed E-state index contributed by atoms with van der Waals surface area (Å²) in [6.07, 6.45) is 0.789. The number of nitrogen functional groups attached to an aromatic ring is 1. The molecule has 0 spiro atoms. The van der Waals surface area contributed by atoms with Crippen molar-refractivity contribution in [2.24, 2.45) is 0 Å². The Balaban J connectivity index is 2.21. The predicted molar refractivity (Wildman–Crippen MR) is 76.7 cm³/mol. The Hall–Kier alpha value is -1.56. The van der Waals surface area contributed by atoms with Gasteiger partial charge in [-0.1, -0.05) is 15.9 Å². The highest BCUT2D eigenvalue weighted by Crippen LogP contribution is 2.19. The van der Waals surface area contributed by atoms with Gasteiger partial charge in [0.2, 0.25) is 5.91 Å². The lowest BCUT2D eigenvalue weighted by molar-refractivity contribution is -0.129. The fraction of sp³-hybridized carbons (Fsp3) is 0.385. The van der Waals surface area contributed by atoms with Crippen LogP contribution in [0.15, 0.2) is 22.7 Å². The molecule has 1 heterocycles. The van der Waals surface area contributed by atoms with Gasteiger partial charge in [0, 0.05) is 35.9 Å². The van der Waals surface area contributed by atoms with Gasteiger partial charge in [-0.3, -0.25) is 9.59 Å². The van der Waals surface area contributed by atoms with Crippen molar-refractivity contribution in [3.05, 3.63) is 28.2 Å². The standard InChI is InChI=1S/C13H16BrN3O2/c1-16-3-2-4-17(8-12(16)18)13(19)9-5-10(14)7-11(15)6-9/h5-7H,2-4,8,15H2,1H3. The van der Waals surface area contributed by atoms with Crippen LogP contribution < -0.4 is 5.73 Å². The lowest BCUT2D eigenvalue weighted by Crippen LogP contribution is -2.38. The van der Waals surface area contributed by atoms with Crippen LogP contribution in [0.4, 0.5) is 5.69 Å². The molecule has 6 heteroatoms. The van der Waals surface area contributed by atoms with Crippen molar-refractivity contribution in [3.8, 4) is 0 Å². The first kappa shape index (κ1) is 13.9. The Labute approximate surface area is 120 Å². The number of likely N-dealkylation sites (N-methyl/N-ethyl adjacent to an activating group) is 1. The van der Waals surface area contributed by atoms with E-state index in [2.05, 4.69) is 15.9 Å². The number of carbonyl (C=O) groups excluding carboxylic acids is 2. The van der Waals surface area contributed by atoms with E-state index in [4.69, 9.17) is 5.73 Å². The molecule has 102 valence electrons. The van der Waals surface area contributed by atoms with Gasteiger partial charge in [0.1, 0.15) is 6.54 Å². The minimum Gasteiger partial charge on any atom is -0.399 e. The normalized spacial score (nSPS) is 16.4. The molecule has 0 atom stereocenters. The molecule has 19 heavy (non-hydrogen) atoms. The number of halogens is 1. The second-order valence-corrected chi connectivity index (χ2v) is 5.58. The first-order valence-electron chi connectivity index (χ1n) is 6.06. The first-order chi connectivity index (χ1) is 8.97. The quantitative estimate of drug-likeness (QED) is 0.792. The Bertz CT molecular complexity index is 498. The van der Waals surface area contributed by atoms with Gasteiger partial charge in [-0.05, 0) is 24.6 Å². The summed E-state index contributed by atoms with van der Waals surface area (Å²) in [6, 6.07) is 5.09. The smallest absolute Gasteiger partial charge is 0.254 e. The van der Waals surface area contributed by atoms with Crippen LogP contribution in [0.2, 0.25) is 0 Å². The summed E-state index contributed by atoms with van der Waals surface area (Å²) >= 11 is 3.32. The maximum atomic E-state index is 12.4. The summed E-state index contributed by atoms with van der Waals surface area (Å²) in [4.78, 5) is 27.4.